The van der Waals surface area contributed by atoms with Crippen LogP contribution >= 0.6 is 12.4 Å². The fourth-order valence-corrected chi connectivity index (χ4v) is 4.33. The molecule has 0 spiro atoms. The second kappa shape index (κ2) is 8.57. The van der Waals surface area contributed by atoms with Gasteiger partial charge in [-0.2, -0.15) is 0 Å². The van der Waals surface area contributed by atoms with Gasteiger partial charge in [-0.3, -0.25) is 4.79 Å². The van der Waals surface area contributed by atoms with Crippen molar-refractivity contribution in [1.29, 1.82) is 0 Å². The molecule has 0 radical (unpaired) electrons. The molecule has 1 N–H and O–H groups in total. The number of benzene rings is 1. The summed E-state index contributed by atoms with van der Waals surface area (Å²) in [6, 6.07) is 9.72. The summed E-state index contributed by atoms with van der Waals surface area (Å²) in [6.07, 6.45) is 1.78. The molecule has 2 aromatic heterocycles. The average Bonchev–Trinajstić information content (AvgIpc) is 3.38. The van der Waals surface area contributed by atoms with E-state index >= 15 is 0 Å². The van der Waals surface area contributed by atoms with Crippen molar-refractivity contribution in [2.75, 3.05) is 19.6 Å². The molecule has 9 heteroatoms. The Labute approximate surface area is 181 Å². The van der Waals surface area contributed by atoms with Crippen molar-refractivity contribution in [3.05, 3.63) is 53.3 Å². The Balaban J connectivity index is 0.00000218. The van der Waals surface area contributed by atoms with Crippen LogP contribution in [-0.2, 0) is 13.1 Å². The molecule has 158 valence electrons. The van der Waals surface area contributed by atoms with E-state index in [0.29, 0.717) is 36.0 Å². The predicted octanol–water partition coefficient (Wildman–Crippen LogP) is 2.79. The topological polar surface area (TPSA) is 89.1 Å². The van der Waals surface area contributed by atoms with Crippen molar-refractivity contribution in [3.63, 3.8) is 0 Å². The largest absolute Gasteiger partial charge is 0.360 e. The molecule has 0 aliphatic carbocycles. The zero-order valence-electron chi connectivity index (χ0n) is 16.9. The molecular weight excluding hydrogens is 404 g/mol. The maximum Gasteiger partial charge on any atom is 0.259 e. The smallest absolute Gasteiger partial charge is 0.259 e. The third-order valence-electron chi connectivity index (χ3n) is 5.92. The second-order valence-electron chi connectivity index (χ2n) is 7.70. The van der Waals surface area contributed by atoms with Gasteiger partial charge in [0.2, 0.25) is 0 Å². The zero-order chi connectivity index (χ0) is 19.8. The highest BCUT2D eigenvalue weighted by Gasteiger charge is 2.32. The number of likely N-dealkylation sites (tertiary alicyclic amines) is 1. The first-order chi connectivity index (χ1) is 14.2. The summed E-state index contributed by atoms with van der Waals surface area (Å²) in [5, 5.41) is 16.3. The molecule has 30 heavy (non-hydrogen) atoms. The number of fused-ring (bicyclic) bond motifs is 1. The number of carbonyl (C=O) groups excluding carboxylic acids is 1. The van der Waals surface area contributed by atoms with Gasteiger partial charge in [0.25, 0.3) is 5.91 Å². The highest BCUT2D eigenvalue weighted by molar-refractivity contribution is 6.00. The minimum atomic E-state index is -0.00600. The van der Waals surface area contributed by atoms with Gasteiger partial charge in [-0.1, -0.05) is 35.5 Å². The second-order valence-corrected chi connectivity index (χ2v) is 7.70. The molecule has 1 aromatic carbocycles. The molecule has 3 aromatic rings. The fraction of sp³-hybridized carbons (Fsp3) is 0.429. The van der Waals surface area contributed by atoms with E-state index in [4.69, 9.17) is 4.52 Å². The van der Waals surface area contributed by atoms with Crippen molar-refractivity contribution >= 4 is 18.3 Å². The van der Waals surface area contributed by atoms with Gasteiger partial charge in [0.15, 0.2) is 0 Å². The van der Waals surface area contributed by atoms with Gasteiger partial charge >= 0.3 is 0 Å². The lowest BCUT2D eigenvalue weighted by Crippen LogP contribution is -2.39. The SMILES string of the molecule is Cc1onc(-c2ccccc2)c1C(=O)N1CCC(c2nnc3n2CCNC3)CC1.Cl. The molecule has 1 fully saturated rings. The summed E-state index contributed by atoms with van der Waals surface area (Å²) in [6.45, 7) is 5.84. The van der Waals surface area contributed by atoms with E-state index in [1.807, 2.05) is 35.2 Å². The standard InChI is InChI=1S/C21H24N6O2.ClH/c1-14-18(19(25-29-14)15-5-3-2-4-6-15)21(28)26-10-7-16(8-11-26)20-24-23-17-13-22-9-12-27(17)20;/h2-6,16,22H,7-13H2,1H3;1H. The van der Waals surface area contributed by atoms with E-state index in [0.717, 1.165) is 49.7 Å². The van der Waals surface area contributed by atoms with Gasteiger partial charge in [0, 0.05) is 37.7 Å². The van der Waals surface area contributed by atoms with Gasteiger partial charge in [-0.25, -0.2) is 0 Å². The molecule has 0 atom stereocenters. The number of nitrogens with one attached hydrogen (secondary N) is 1. The van der Waals surface area contributed by atoms with Crippen molar-refractivity contribution in [2.24, 2.45) is 0 Å². The highest BCUT2D eigenvalue weighted by atomic mass is 35.5. The van der Waals surface area contributed by atoms with E-state index in [1.165, 1.54) is 0 Å². The molecule has 2 aliphatic rings. The highest BCUT2D eigenvalue weighted by Crippen LogP contribution is 2.31. The normalized spacial score (nSPS) is 16.8. The summed E-state index contributed by atoms with van der Waals surface area (Å²) < 4.78 is 7.63. The van der Waals surface area contributed by atoms with Crippen molar-refractivity contribution in [3.8, 4) is 11.3 Å². The van der Waals surface area contributed by atoms with Crippen LogP contribution in [0.2, 0.25) is 0 Å². The molecule has 5 rings (SSSR count). The number of carbonyl (C=O) groups is 1. The van der Waals surface area contributed by atoms with E-state index in [1.54, 1.807) is 6.92 Å². The maximum absolute atomic E-state index is 13.3. The summed E-state index contributed by atoms with van der Waals surface area (Å²) in [7, 11) is 0. The summed E-state index contributed by atoms with van der Waals surface area (Å²) >= 11 is 0. The minimum Gasteiger partial charge on any atom is -0.360 e. The van der Waals surface area contributed by atoms with Crippen molar-refractivity contribution in [2.45, 2.75) is 38.8 Å². The van der Waals surface area contributed by atoms with Crippen LogP contribution in [0.1, 0.15) is 46.5 Å². The summed E-state index contributed by atoms with van der Waals surface area (Å²) in [5.74, 6) is 2.98. The van der Waals surface area contributed by atoms with Crippen molar-refractivity contribution < 1.29 is 9.32 Å². The van der Waals surface area contributed by atoms with Crippen LogP contribution in [0.25, 0.3) is 11.3 Å². The molecule has 0 saturated carbocycles. The third kappa shape index (κ3) is 3.61. The first-order valence-corrected chi connectivity index (χ1v) is 10.2. The molecule has 1 amide bonds. The zero-order valence-corrected chi connectivity index (χ0v) is 17.7. The average molecular weight is 429 g/mol. The number of rotatable bonds is 3. The Morgan fingerprint density at radius 1 is 1.13 bits per heavy atom. The van der Waals surface area contributed by atoms with Crippen LogP contribution in [-0.4, -0.2) is 50.4 Å². The first-order valence-electron chi connectivity index (χ1n) is 10.2. The van der Waals surface area contributed by atoms with Gasteiger partial charge in [-0.15, -0.1) is 22.6 Å². The lowest BCUT2D eigenvalue weighted by Gasteiger charge is -2.32. The first kappa shape index (κ1) is 20.6. The fourth-order valence-electron chi connectivity index (χ4n) is 4.33. The number of hydrogen-bond donors (Lipinski definition) is 1. The van der Waals surface area contributed by atoms with Gasteiger partial charge in [-0.05, 0) is 19.8 Å². The molecule has 2 aliphatic heterocycles. The molecule has 4 heterocycles. The number of nitrogens with zero attached hydrogens (tertiary/aromatic N) is 5. The number of aromatic nitrogens is 4. The number of piperidine rings is 1. The van der Waals surface area contributed by atoms with E-state index in [-0.39, 0.29) is 18.3 Å². The predicted molar refractivity (Wildman–Crippen MR) is 114 cm³/mol. The van der Waals surface area contributed by atoms with Crippen LogP contribution in [0.15, 0.2) is 34.9 Å². The minimum absolute atomic E-state index is 0. The number of hydrogen-bond acceptors (Lipinski definition) is 6. The Kier molecular flexibility index (Phi) is 5.87. The molecule has 1 saturated heterocycles. The Morgan fingerprint density at radius 3 is 2.67 bits per heavy atom. The van der Waals surface area contributed by atoms with Crippen LogP contribution in [0.4, 0.5) is 0 Å². The van der Waals surface area contributed by atoms with Crippen LogP contribution in [0, 0.1) is 6.92 Å². The molecule has 0 bridgehead atoms. The molecule has 8 nitrogen and oxygen atoms in total. The lowest BCUT2D eigenvalue weighted by molar-refractivity contribution is 0.0709. The van der Waals surface area contributed by atoms with Crippen LogP contribution in [0.5, 0.6) is 0 Å². The molecule has 0 unspecified atom stereocenters. The monoisotopic (exact) mass is 428 g/mol. The van der Waals surface area contributed by atoms with Gasteiger partial charge in [0.05, 0.1) is 6.54 Å². The quantitative estimate of drug-likeness (QED) is 0.690. The Bertz CT molecular complexity index is 1020. The van der Waals surface area contributed by atoms with Crippen molar-refractivity contribution in [1.82, 2.24) is 30.1 Å². The number of halogens is 1. The van der Waals surface area contributed by atoms with Crippen LogP contribution in [0.3, 0.4) is 0 Å². The number of amides is 1. The summed E-state index contributed by atoms with van der Waals surface area (Å²) in [5.41, 5.74) is 2.08. The van der Waals surface area contributed by atoms with Crippen LogP contribution < -0.4 is 5.32 Å². The van der Waals surface area contributed by atoms with E-state index < -0.39 is 0 Å². The lowest BCUT2D eigenvalue weighted by atomic mass is 9.94. The summed E-state index contributed by atoms with van der Waals surface area (Å²) in [4.78, 5) is 15.2. The van der Waals surface area contributed by atoms with Gasteiger partial charge in [0.1, 0.15) is 28.7 Å². The molecular formula is C21H25ClN6O2. The number of aryl methyl sites for hydroxylation is 1. The maximum atomic E-state index is 13.3. The van der Waals surface area contributed by atoms with E-state index in [2.05, 4.69) is 25.2 Å². The third-order valence-corrected chi connectivity index (χ3v) is 5.92. The Hall–Kier alpha value is -2.71. The Morgan fingerprint density at radius 2 is 1.90 bits per heavy atom. The van der Waals surface area contributed by atoms with Gasteiger partial charge < -0.3 is 19.3 Å². The van der Waals surface area contributed by atoms with E-state index in [9.17, 15) is 4.79 Å².